The van der Waals surface area contributed by atoms with Crippen LogP contribution in [0, 0.1) is 0 Å². The van der Waals surface area contributed by atoms with Crippen molar-refractivity contribution in [2.24, 2.45) is 4.99 Å². The van der Waals surface area contributed by atoms with Gasteiger partial charge in [-0.3, -0.25) is 9.89 Å². The Hall–Kier alpha value is -1.07. The number of nitrogens with one attached hydrogen (secondary N) is 2. The number of nitrogens with zero attached hydrogens (tertiary/aromatic N) is 2. The topological polar surface area (TPSA) is 48.9 Å². The summed E-state index contributed by atoms with van der Waals surface area (Å²) in [6.07, 6.45) is -0.530. The van der Waals surface area contributed by atoms with Gasteiger partial charge in [-0.2, -0.15) is 13.2 Å². The van der Waals surface area contributed by atoms with E-state index in [-0.39, 0.29) is 42.2 Å². The number of aliphatic imine (C=N–C) groups is 1. The van der Waals surface area contributed by atoms with Crippen LogP contribution in [0.1, 0.15) is 50.3 Å². The molecule has 0 radical (unpaired) electrons. The van der Waals surface area contributed by atoms with Crippen LogP contribution >= 0.6 is 24.0 Å². The Kier molecular flexibility index (Phi) is 9.23. The van der Waals surface area contributed by atoms with E-state index < -0.39 is 11.7 Å². The minimum Gasteiger partial charge on any atom is -0.373 e. The number of hydrogen-bond donors (Lipinski definition) is 2. The first-order valence-corrected chi connectivity index (χ1v) is 10.4. The minimum atomic E-state index is -4.32. The fourth-order valence-electron chi connectivity index (χ4n) is 4.37. The van der Waals surface area contributed by atoms with E-state index in [1.165, 1.54) is 0 Å². The van der Waals surface area contributed by atoms with Gasteiger partial charge in [-0.15, -0.1) is 24.0 Å². The van der Waals surface area contributed by atoms with E-state index in [1.54, 1.807) is 19.2 Å². The molecule has 2 aliphatic rings. The zero-order valence-electron chi connectivity index (χ0n) is 17.7. The number of benzene rings is 1. The van der Waals surface area contributed by atoms with Crippen molar-refractivity contribution in [3.63, 3.8) is 0 Å². The zero-order valence-corrected chi connectivity index (χ0v) is 20.0. The summed E-state index contributed by atoms with van der Waals surface area (Å²) in [5.74, 6) is 0.704. The molecule has 0 saturated carbocycles. The van der Waals surface area contributed by atoms with E-state index in [1.807, 2.05) is 0 Å². The number of guanidine groups is 1. The van der Waals surface area contributed by atoms with Gasteiger partial charge in [0.2, 0.25) is 0 Å². The highest BCUT2D eigenvalue weighted by molar-refractivity contribution is 14.0. The fourth-order valence-corrected chi connectivity index (χ4v) is 4.37. The molecule has 0 aromatic heterocycles. The predicted octanol–water partition coefficient (Wildman–Crippen LogP) is 4.19. The van der Waals surface area contributed by atoms with Crippen LogP contribution in [0.15, 0.2) is 29.3 Å². The average Bonchev–Trinajstić information content (AvgIpc) is 3.32. The smallest absolute Gasteiger partial charge is 0.373 e. The lowest BCUT2D eigenvalue weighted by atomic mass is 9.96. The predicted molar refractivity (Wildman–Crippen MR) is 123 cm³/mol. The van der Waals surface area contributed by atoms with Crippen LogP contribution in [0.3, 0.4) is 0 Å². The molecular formula is C21H32F3IN4O. The van der Waals surface area contributed by atoms with Gasteiger partial charge in [-0.1, -0.05) is 26.0 Å². The Labute approximate surface area is 193 Å². The molecule has 3 rings (SSSR count). The second kappa shape index (κ2) is 11.0. The lowest BCUT2D eigenvalue weighted by Crippen LogP contribution is -2.49. The third-order valence-electron chi connectivity index (χ3n) is 5.99. The highest BCUT2D eigenvalue weighted by atomic mass is 127. The minimum absolute atomic E-state index is 0. The second-order valence-corrected chi connectivity index (χ2v) is 7.67. The standard InChI is InChI=1S/C21H31F3N4O.HI/c1-4-28(5-2)18(14-6-8-15(9-7-14)21(22,23)24)13-26-20(25-3)27-17-12-16-10-11-19(17)29-16;/h6-9,16-19H,4-5,10-13H2,1-3H3,(H2,25,26,27);1H. The number of likely N-dealkylation sites (N-methyl/N-ethyl adjacent to an activating group) is 1. The summed E-state index contributed by atoms with van der Waals surface area (Å²) in [6.45, 7) is 6.27. The van der Waals surface area contributed by atoms with Crippen molar-refractivity contribution in [3.05, 3.63) is 35.4 Å². The number of ether oxygens (including phenoxy) is 1. The Morgan fingerprint density at radius 3 is 2.33 bits per heavy atom. The van der Waals surface area contributed by atoms with Gasteiger partial charge in [0.15, 0.2) is 5.96 Å². The third kappa shape index (κ3) is 6.00. The first kappa shape index (κ1) is 25.2. The maximum atomic E-state index is 12.9. The molecule has 9 heteroatoms. The van der Waals surface area contributed by atoms with Crippen LogP contribution in [-0.2, 0) is 10.9 Å². The molecule has 30 heavy (non-hydrogen) atoms. The molecule has 0 spiro atoms. The van der Waals surface area contributed by atoms with Crippen molar-refractivity contribution in [1.29, 1.82) is 0 Å². The molecule has 2 heterocycles. The highest BCUT2D eigenvalue weighted by Crippen LogP contribution is 2.34. The van der Waals surface area contributed by atoms with Gasteiger partial charge in [0, 0.05) is 13.6 Å². The zero-order chi connectivity index (χ0) is 21.0. The molecule has 5 nitrogen and oxygen atoms in total. The molecular weight excluding hydrogens is 508 g/mol. The maximum absolute atomic E-state index is 12.9. The van der Waals surface area contributed by atoms with Crippen molar-refractivity contribution in [1.82, 2.24) is 15.5 Å². The average molecular weight is 540 g/mol. The van der Waals surface area contributed by atoms with E-state index in [0.29, 0.717) is 18.6 Å². The molecule has 2 aliphatic heterocycles. The Balaban J connectivity index is 0.00000320. The summed E-state index contributed by atoms with van der Waals surface area (Å²) >= 11 is 0. The first-order valence-electron chi connectivity index (χ1n) is 10.4. The van der Waals surface area contributed by atoms with E-state index in [0.717, 1.165) is 50.0 Å². The molecule has 2 fully saturated rings. The van der Waals surface area contributed by atoms with E-state index in [9.17, 15) is 13.2 Å². The van der Waals surface area contributed by atoms with Crippen molar-refractivity contribution in [2.75, 3.05) is 26.7 Å². The molecule has 4 unspecified atom stereocenters. The molecule has 4 atom stereocenters. The maximum Gasteiger partial charge on any atom is 0.416 e. The summed E-state index contributed by atoms with van der Waals surface area (Å²) < 4.78 is 44.6. The lowest BCUT2D eigenvalue weighted by molar-refractivity contribution is -0.137. The number of fused-ring (bicyclic) bond motifs is 2. The Morgan fingerprint density at radius 1 is 1.20 bits per heavy atom. The number of halogens is 4. The monoisotopic (exact) mass is 540 g/mol. The number of rotatable bonds is 7. The van der Waals surface area contributed by atoms with Crippen LogP contribution in [0.25, 0.3) is 0 Å². The van der Waals surface area contributed by atoms with Gasteiger partial charge >= 0.3 is 6.18 Å². The largest absolute Gasteiger partial charge is 0.416 e. The van der Waals surface area contributed by atoms with E-state index in [2.05, 4.69) is 34.4 Å². The normalized spacial score (nSPS) is 24.6. The van der Waals surface area contributed by atoms with Gasteiger partial charge in [-0.05, 0) is 50.0 Å². The first-order chi connectivity index (χ1) is 13.9. The van der Waals surface area contributed by atoms with Gasteiger partial charge in [0.25, 0.3) is 0 Å². The van der Waals surface area contributed by atoms with Crippen molar-refractivity contribution >= 4 is 29.9 Å². The SMILES string of the molecule is CCN(CC)C(CNC(=NC)NC1CC2CCC1O2)c1ccc(C(F)(F)F)cc1.I. The number of hydrogen-bond acceptors (Lipinski definition) is 3. The quantitative estimate of drug-likeness (QED) is 0.310. The molecule has 2 N–H and O–H groups in total. The van der Waals surface area contributed by atoms with E-state index in [4.69, 9.17) is 4.74 Å². The van der Waals surface area contributed by atoms with Crippen LogP contribution in [-0.4, -0.2) is 55.8 Å². The fraction of sp³-hybridized carbons (Fsp3) is 0.667. The van der Waals surface area contributed by atoms with Gasteiger partial charge in [-0.25, -0.2) is 0 Å². The highest BCUT2D eigenvalue weighted by Gasteiger charge is 2.41. The molecule has 170 valence electrons. The number of alkyl halides is 3. The summed E-state index contributed by atoms with van der Waals surface area (Å²) in [7, 11) is 1.73. The summed E-state index contributed by atoms with van der Waals surface area (Å²) in [5.41, 5.74) is 0.231. The molecule has 2 bridgehead atoms. The molecule has 2 saturated heterocycles. The second-order valence-electron chi connectivity index (χ2n) is 7.67. The molecule has 0 aliphatic carbocycles. The van der Waals surface area contributed by atoms with Crippen LogP contribution < -0.4 is 10.6 Å². The van der Waals surface area contributed by atoms with Crippen LogP contribution in [0.4, 0.5) is 13.2 Å². The van der Waals surface area contributed by atoms with Crippen LogP contribution in [0.2, 0.25) is 0 Å². The lowest BCUT2D eigenvalue weighted by Gasteiger charge is -2.31. The van der Waals surface area contributed by atoms with Crippen molar-refractivity contribution < 1.29 is 17.9 Å². The Bertz CT molecular complexity index is 694. The van der Waals surface area contributed by atoms with Crippen molar-refractivity contribution in [2.45, 2.75) is 63.6 Å². The van der Waals surface area contributed by atoms with Crippen molar-refractivity contribution in [3.8, 4) is 0 Å². The molecule has 1 aromatic carbocycles. The third-order valence-corrected chi connectivity index (χ3v) is 5.99. The van der Waals surface area contributed by atoms with Gasteiger partial charge < -0.3 is 15.4 Å². The van der Waals surface area contributed by atoms with Gasteiger partial charge in [0.05, 0.1) is 29.9 Å². The van der Waals surface area contributed by atoms with Gasteiger partial charge in [0.1, 0.15) is 0 Å². The summed E-state index contributed by atoms with van der Waals surface area (Å²) in [6, 6.07) is 5.68. The summed E-state index contributed by atoms with van der Waals surface area (Å²) in [4.78, 5) is 6.56. The van der Waals surface area contributed by atoms with Crippen LogP contribution in [0.5, 0.6) is 0 Å². The molecule has 1 aromatic rings. The summed E-state index contributed by atoms with van der Waals surface area (Å²) in [5, 5.41) is 6.82. The van der Waals surface area contributed by atoms with E-state index >= 15 is 0 Å². The Morgan fingerprint density at radius 2 is 1.87 bits per heavy atom. The molecule has 0 amide bonds.